The van der Waals surface area contributed by atoms with Crippen LogP contribution in [0.15, 0.2) is 0 Å². The van der Waals surface area contributed by atoms with E-state index in [1.165, 1.54) is 0 Å². The van der Waals surface area contributed by atoms with Crippen LogP contribution >= 0.6 is 0 Å². The van der Waals surface area contributed by atoms with Crippen LogP contribution in [0.4, 0.5) is 0 Å². The van der Waals surface area contributed by atoms with Crippen LogP contribution in [0.3, 0.4) is 0 Å². The van der Waals surface area contributed by atoms with Gasteiger partial charge in [-0.05, 0) is 26.9 Å². The van der Waals surface area contributed by atoms with Gasteiger partial charge in [-0.15, -0.1) is 0 Å². The van der Waals surface area contributed by atoms with E-state index in [-0.39, 0.29) is 12.1 Å². The molecular weight excluding hydrogens is 130 g/mol. The molecule has 0 saturated heterocycles. The summed E-state index contributed by atoms with van der Waals surface area (Å²) in [5.41, 5.74) is 5.58. The predicted molar refractivity (Wildman–Crippen MR) is 43.1 cm³/mol. The lowest BCUT2D eigenvalue weighted by Gasteiger charge is -2.18. The molecule has 0 aromatic rings. The van der Waals surface area contributed by atoms with Gasteiger partial charge in [0.1, 0.15) is 0 Å². The highest BCUT2D eigenvalue weighted by atomic mass is 28.3. The third kappa shape index (κ3) is 4.63. The van der Waals surface area contributed by atoms with Gasteiger partial charge in [-0.2, -0.15) is 0 Å². The summed E-state index contributed by atoms with van der Waals surface area (Å²) in [5.74, 6) is 0. The lowest BCUT2D eigenvalue weighted by molar-refractivity contribution is 0.199. The van der Waals surface area contributed by atoms with Crippen LogP contribution in [-0.4, -0.2) is 21.2 Å². The second-order valence-electron chi connectivity index (χ2n) is 2.75. The quantitative estimate of drug-likeness (QED) is 0.597. The average Bonchev–Trinajstić information content (AvgIpc) is 1.63. The molecule has 2 N–H and O–H groups in total. The van der Waals surface area contributed by atoms with Gasteiger partial charge >= 0.3 is 0 Å². The van der Waals surface area contributed by atoms with Crippen molar-refractivity contribution in [2.75, 3.05) is 0 Å². The molecule has 0 bridgehead atoms. The van der Waals surface area contributed by atoms with E-state index in [4.69, 9.17) is 10.2 Å². The van der Waals surface area contributed by atoms with Gasteiger partial charge in [0.2, 0.25) is 0 Å². The minimum atomic E-state index is -0.865. The van der Waals surface area contributed by atoms with E-state index in [0.29, 0.717) is 0 Å². The van der Waals surface area contributed by atoms with Crippen molar-refractivity contribution in [1.29, 1.82) is 0 Å². The molecule has 2 nitrogen and oxygen atoms in total. The molecule has 0 aliphatic heterocycles. The summed E-state index contributed by atoms with van der Waals surface area (Å²) in [7, 11) is -0.865. The fourth-order valence-electron chi connectivity index (χ4n) is 0.553. The van der Waals surface area contributed by atoms with Gasteiger partial charge in [0, 0.05) is 6.04 Å². The summed E-state index contributed by atoms with van der Waals surface area (Å²) < 4.78 is 5.53. The van der Waals surface area contributed by atoms with Crippen molar-refractivity contribution in [3.8, 4) is 0 Å². The summed E-state index contributed by atoms with van der Waals surface area (Å²) in [4.78, 5) is 0. The second kappa shape index (κ2) is 4.03. The highest BCUT2D eigenvalue weighted by Gasteiger charge is 2.08. The summed E-state index contributed by atoms with van der Waals surface area (Å²) >= 11 is 0. The minimum Gasteiger partial charge on any atom is -0.416 e. The molecule has 0 aromatic carbocycles. The van der Waals surface area contributed by atoms with E-state index in [9.17, 15) is 0 Å². The molecule has 0 fully saturated rings. The van der Waals surface area contributed by atoms with Crippen LogP contribution in [0.25, 0.3) is 0 Å². The van der Waals surface area contributed by atoms with Crippen molar-refractivity contribution >= 4 is 9.04 Å². The average molecular weight is 147 g/mol. The smallest absolute Gasteiger partial charge is 0.171 e. The third-order valence-corrected chi connectivity index (χ3v) is 2.20. The molecule has 9 heavy (non-hydrogen) atoms. The summed E-state index contributed by atoms with van der Waals surface area (Å²) in [5, 5.41) is 0. The molecule has 0 saturated carbocycles. The van der Waals surface area contributed by atoms with Crippen LogP contribution in [-0.2, 0) is 4.43 Å². The highest BCUT2D eigenvalue weighted by molar-refractivity contribution is 6.48. The Morgan fingerprint density at radius 2 is 1.78 bits per heavy atom. The maximum atomic E-state index is 5.58. The van der Waals surface area contributed by atoms with Gasteiger partial charge in [-0.1, -0.05) is 0 Å². The van der Waals surface area contributed by atoms with Gasteiger partial charge in [0.25, 0.3) is 0 Å². The first-order valence-corrected chi connectivity index (χ1v) is 6.23. The Labute approximate surface area is 59.1 Å². The van der Waals surface area contributed by atoms with Crippen molar-refractivity contribution in [3.05, 3.63) is 0 Å². The van der Waals surface area contributed by atoms with Crippen LogP contribution in [0.2, 0.25) is 13.1 Å². The predicted octanol–water partition coefficient (Wildman–Crippen LogP) is 0.722. The van der Waals surface area contributed by atoms with Gasteiger partial charge in [-0.25, -0.2) is 0 Å². The van der Waals surface area contributed by atoms with E-state index in [0.717, 1.165) is 0 Å². The Hall–Kier alpha value is 0.137. The van der Waals surface area contributed by atoms with Crippen LogP contribution in [0, 0.1) is 0 Å². The number of hydrogen-bond donors (Lipinski definition) is 1. The molecule has 0 rings (SSSR count). The van der Waals surface area contributed by atoms with Gasteiger partial charge in [0.15, 0.2) is 9.04 Å². The molecule has 2 atom stereocenters. The molecule has 2 unspecified atom stereocenters. The summed E-state index contributed by atoms with van der Waals surface area (Å²) in [6, 6.07) is 0.167. The SMILES string of the molecule is CC(N)C(C)O[SiH](C)C. The van der Waals surface area contributed by atoms with Crippen molar-refractivity contribution in [3.63, 3.8) is 0 Å². The Bertz CT molecular complexity index is 75.5. The zero-order valence-corrected chi connectivity index (χ0v) is 7.87. The van der Waals surface area contributed by atoms with Crippen LogP contribution in [0.5, 0.6) is 0 Å². The molecule has 3 heteroatoms. The molecule has 0 heterocycles. The Morgan fingerprint density at radius 1 is 1.33 bits per heavy atom. The van der Waals surface area contributed by atoms with Gasteiger partial charge in [-0.3, -0.25) is 0 Å². The Kier molecular flexibility index (Phi) is 4.09. The van der Waals surface area contributed by atoms with Gasteiger partial charge < -0.3 is 10.2 Å². The first-order valence-electron chi connectivity index (χ1n) is 3.45. The number of rotatable bonds is 3. The van der Waals surface area contributed by atoms with E-state index in [1.807, 2.05) is 13.8 Å². The maximum absolute atomic E-state index is 5.58. The normalized spacial score (nSPS) is 18.0. The zero-order chi connectivity index (χ0) is 7.44. The first-order chi connectivity index (χ1) is 4.04. The fourth-order valence-corrected chi connectivity index (χ4v) is 1.66. The lowest BCUT2D eigenvalue weighted by atomic mass is 10.2. The molecule has 0 aliphatic rings. The van der Waals surface area contributed by atoms with E-state index in [1.54, 1.807) is 0 Å². The fraction of sp³-hybridized carbons (Fsp3) is 1.00. The largest absolute Gasteiger partial charge is 0.416 e. The van der Waals surface area contributed by atoms with Crippen molar-refractivity contribution in [2.45, 2.75) is 39.1 Å². The maximum Gasteiger partial charge on any atom is 0.171 e. The van der Waals surface area contributed by atoms with E-state index >= 15 is 0 Å². The molecular formula is C6H17NOSi. The minimum absolute atomic E-state index is 0.167. The molecule has 0 aliphatic carbocycles. The van der Waals surface area contributed by atoms with Gasteiger partial charge in [0.05, 0.1) is 6.10 Å². The molecule has 0 aromatic heterocycles. The second-order valence-corrected chi connectivity index (χ2v) is 5.12. The van der Waals surface area contributed by atoms with Crippen molar-refractivity contribution in [2.24, 2.45) is 5.73 Å². The monoisotopic (exact) mass is 147 g/mol. The Balaban J connectivity index is 3.38. The Morgan fingerprint density at radius 3 is 1.89 bits per heavy atom. The van der Waals surface area contributed by atoms with E-state index < -0.39 is 9.04 Å². The number of hydrogen-bond acceptors (Lipinski definition) is 2. The first kappa shape index (κ1) is 9.14. The number of nitrogens with two attached hydrogens (primary N) is 1. The molecule has 0 radical (unpaired) electrons. The standard InChI is InChI=1S/C6H17NOSi/c1-5(7)6(2)8-9(3)4/h5-6,9H,7H2,1-4H3. The lowest BCUT2D eigenvalue weighted by Crippen LogP contribution is -2.34. The van der Waals surface area contributed by atoms with Crippen LogP contribution in [0.1, 0.15) is 13.8 Å². The van der Waals surface area contributed by atoms with E-state index in [2.05, 4.69) is 13.1 Å². The van der Waals surface area contributed by atoms with Crippen LogP contribution < -0.4 is 5.73 Å². The highest BCUT2D eigenvalue weighted by Crippen LogP contribution is 1.97. The summed E-state index contributed by atoms with van der Waals surface area (Å²) in [6.45, 7) is 8.30. The van der Waals surface area contributed by atoms with Crippen molar-refractivity contribution in [1.82, 2.24) is 0 Å². The molecule has 0 spiro atoms. The topological polar surface area (TPSA) is 35.2 Å². The zero-order valence-electron chi connectivity index (χ0n) is 6.72. The summed E-state index contributed by atoms with van der Waals surface area (Å²) in [6.07, 6.45) is 0.233. The van der Waals surface area contributed by atoms with Crippen molar-refractivity contribution < 1.29 is 4.43 Å². The third-order valence-electron chi connectivity index (χ3n) is 1.23. The molecule has 0 amide bonds. The molecule has 56 valence electrons.